The van der Waals surface area contributed by atoms with Gasteiger partial charge in [-0.3, -0.25) is 9.55 Å². The molecule has 0 amide bonds. The van der Waals surface area contributed by atoms with Crippen molar-refractivity contribution >= 4 is 43.9 Å². The van der Waals surface area contributed by atoms with Gasteiger partial charge in [-0.15, -0.1) is 0 Å². The maximum absolute atomic E-state index is 5.16. The van der Waals surface area contributed by atoms with Crippen molar-refractivity contribution in [1.29, 1.82) is 0 Å². The molecule has 0 aliphatic heterocycles. The zero-order valence-corrected chi connectivity index (χ0v) is 16.4. The van der Waals surface area contributed by atoms with Gasteiger partial charge < -0.3 is 4.57 Å². The lowest BCUT2D eigenvalue weighted by molar-refractivity contribution is 0.642. The van der Waals surface area contributed by atoms with Crippen LogP contribution in [0.5, 0.6) is 0 Å². The summed E-state index contributed by atoms with van der Waals surface area (Å²) in [5.41, 5.74) is 6.65. The van der Waals surface area contributed by atoms with Crippen molar-refractivity contribution in [2.45, 2.75) is 19.9 Å². The number of para-hydroxylation sites is 2. The normalized spacial score (nSPS) is 12.1. The molecule has 0 aliphatic carbocycles. The third-order valence-electron chi connectivity index (χ3n) is 5.71. The van der Waals surface area contributed by atoms with Gasteiger partial charge in [-0.05, 0) is 50.2 Å². The molecule has 0 aliphatic rings. The largest absolute Gasteiger partial charge is 0.337 e. The van der Waals surface area contributed by atoms with E-state index in [0.717, 1.165) is 33.3 Å². The number of pyridine rings is 2. The van der Waals surface area contributed by atoms with E-state index in [2.05, 4.69) is 94.7 Å². The molecule has 0 atom stereocenters. The summed E-state index contributed by atoms with van der Waals surface area (Å²) >= 11 is 0. The van der Waals surface area contributed by atoms with Crippen molar-refractivity contribution in [1.82, 2.24) is 19.1 Å². The van der Waals surface area contributed by atoms with Crippen LogP contribution >= 0.6 is 0 Å². The molecule has 0 saturated heterocycles. The van der Waals surface area contributed by atoms with E-state index < -0.39 is 0 Å². The van der Waals surface area contributed by atoms with Gasteiger partial charge in [0.15, 0.2) is 0 Å². The molecule has 0 N–H and O–H groups in total. The van der Waals surface area contributed by atoms with Crippen LogP contribution in [-0.2, 0) is 0 Å². The van der Waals surface area contributed by atoms with Crippen molar-refractivity contribution in [3.63, 3.8) is 0 Å². The Morgan fingerprint density at radius 2 is 1.34 bits per heavy atom. The van der Waals surface area contributed by atoms with Gasteiger partial charge in [0.05, 0.1) is 33.1 Å². The zero-order chi connectivity index (χ0) is 19.5. The van der Waals surface area contributed by atoms with Crippen LogP contribution < -0.4 is 0 Å². The number of benzene rings is 2. The Balaban J connectivity index is 1.74. The second-order valence-electron chi connectivity index (χ2n) is 7.74. The van der Waals surface area contributed by atoms with Crippen LogP contribution in [0.1, 0.15) is 19.9 Å². The second kappa shape index (κ2) is 5.92. The molecular weight excluding hydrogens is 356 g/mol. The fourth-order valence-corrected chi connectivity index (χ4v) is 4.56. The van der Waals surface area contributed by atoms with E-state index in [4.69, 9.17) is 4.98 Å². The Hall–Kier alpha value is -3.66. The molecule has 140 valence electrons. The number of hydrogen-bond acceptors (Lipinski definition) is 2. The molecule has 6 aromatic rings. The average Bonchev–Trinajstić information content (AvgIpc) is 3.26. The molecule has 0 radical (unpaired) electrons. The van der Waals surface area contributed by atoms with Crippen LogP contribution in [0.2, 0.25) is 0 Å². The summed E-state index contributed by atoms with van der Waals surface area (Å²) in [5, 5.41) is 2.34. The van der Waals surface area contributed by atoms with Crippen molar-refractivity contribution in [3.8, 4) is 5.82 Å². The monoisotopic (exact) mass is 376 g/mol. The maximum atomic E-state index is 5.16. The highest BCUT2D eigenvalue weighted by atomic mass is 15.1. The standard InChI is InChI=1S/C25H20N4/c1-16(2)28-19-10-5-4-9-18(19)25-22(28)13-14-23(27-25)29-20-11-6-3-8-17(20)24-21(29)12-7-15-26-24/h3-16H,1-2H3. The van der Waals surface area contributed by atoms with E-state index >= 15 is 0 Å². The molecule has 2 aromatic carbocycles. The number of aromatic nitrogens is 4. The van der Waals surface area contributed by atoms with Crippen molar-refractivity contribution in [2.24, 2.45) is 0 Å². The molecule has 4 nitrogen and oxygen atoms in total. The van der Waals surface area contributed by atoms with Gasteiger partial charge in [0.1, 0.15) is 5.82 Å². The topological polar surface area (TPSA) is 35.6 Å². The van der Waals surface area contributed by atoms with E-state index in [9.17, 15) is 0 Å². The fourth-order valence-electron chi connectivity index (χ4n) is 4.56. The number of hydrogen-bond donors (Lipinski definition) is 0. The van der Waals surface area contributed by atoms with Crippen LogP contribution in [-0.4, -0.2) is 19.1 Å². The number of rotatable bonds is 2. The number of fused-ring (bicyclic) bond motifs is 6. The zero-order valence-electron chi connectivity index (χ0n) is 16.4. The van der Waals surface area contributed by atoms with Gasteiger partial charge >= 0.3 is 0 Å². The molecule has 4 heteroatoms. The highest BCUT2D eigenvalue weighted by molar-refractivity contribution is 6.08. The van der Waals surface area contributed by atoms with Crippen LogP contribution in [0.3, 0.4) is 0 Å². The first-order chi connectivity index (χ1) is 14.2. The second-order valence-corrected chi connectivity index (χ2v) is 7.74. The summed E-state index contributed by atoms with van der Waals surface area (Å²) < 4.78 is 4.59. The quantitative estimate of drug-likeness (QED) is 0.357. The van der Waals surface area contributed by atoms with Crippen LogP contribution in [0.25, 0.3) is 49.7 Å². The average molecular weight is 376 g/mol. The lowest BCUT2D eigenvalue weighted by Crippen LogP contribution is -2.01. The molecule has 0 bridgehead atoms. The minimum atomic E-state index is 0.363. The summed E-state index contributed by atoms with van der Waals surface area (Å²) in [6.07, 6.45) is 1.85. The Morgan fingerprint density at radius 3 is 2.14 bits per heavy atom. The molecule has 0 spiro atoms. The summed E-state index contributed by atoms with van der Waals surface area (Å²) in [6, 6.07) is 25.7. The molecule has 0 fully saturated rings. The predicted octanol–water partition coefficient (Wildman–Crippen LogP) is 6.26. The first kappa shape index (κ1) is 16.3. The highest BCUT2D eigenvalue weighted by Gasteiger charge is 2.17. The van der Waals surface area contributed by atoms with Gasteiger partial charge in [-0.25, -0.2) is 4.98 Å². The van der Waals surface area contributed by atoms with Crippen molar-refractivity contribution in [2.75, 3.05) is 0 Å². The lowest BCUT2D eigenvalue weighted by atomic mass is 10.2. The minimum Gasteiger partial charge on any atom is -0.337 e. The Morgan fingerprint density at radius 1 is 0.655 bits per heavy atom. The molecule has 6 rings (SSSR count). The van der Waals surface area contributed by atoms with Gasteiger partial charge in [0, 0.05) is 23.0 Å². The van der Waals surface area contributed by atoms with E-state index in [1.165, 1.54) is 16.4 Å². The summed E-state index contributed by atoms with van der Waals surface area (Å²) in [4.78, 5) is 9.81. The highest BCUT2D eigenvalue weighted by Crippen LogP contribution is 2.34. The van der Waals surface area contributed by atoms with E-state index in [1.54, 1.807) is 0 Å². The molecular formula is C25H20N4. The Bertz CT molecular complexity index is 1480. The Kier molecular flexibility index (Phi) is 3.33. The smallest absolute Gasteiger partial charge is 0.138 e. The summed E-state index contributed by atoms with van der Waals surface area (Å²) in [5.74, 6) is 0.920. The fraction of sp³-hybridized carbons (Fsp3) is 0.120. The Labute approximate surface area is 168 Å². The van der Waals surface area contributed by atoms with E-state index in [-0.39, 0.29) is 0 Å². The third kappa shape index (κ3) is 2.20. The third-order valence-corrected chi connectivity index (χ3v) is 5.71. The molecule has 4 aromatic heterocycles. The minimum absolute atomic E-state index is 0.363. The van der Waals surface area contributed by atoms with Crippen molar-refractivity contribution in [3.05, 3.63) is 79.0 Å². The lowest BCUT2D eigenvalue weighted by Gasteiger charge is -2.11. The molecule has 0 unspecified atom stereocenters. The van der Waals surface area contributed by atoms with Gasteiger partial charge in [0.25, 0.3) is 0 Å². The first-order valence-corrected chi connectivity index (χ1v) is 9.98. The molecule has 29 heavy (non-hydrogen) atoms. The molecule has 0 saturated carbocycles. The maximum Gasteiger partial charge on any atom is 0.138 e. The summed E-state index contributed by atoms with van der Waals surface area (Å²) in [6.45, 7) is 4.44. The van der Waals surface area contributed by atoms with Crippen LogP contribution in [0.4, 0.5) is 0 Å². The number of nitrogens with zero attached hydrogens (tertiary/aromatic N) is 4. The summed E-state index contributed by atoms with van der Waals surface area (Å²) in [7, 11) is 0. The van der Waals surface area contributed by atoms with Gasteiger partial charge in [-0.1, -0.05) is 36.4 Å². The van der Waals surface area contributed by atoms with Crippen LogP contribution in [0.15, 0.2) is 79.0 Å². The van der Waals surface area contributed by atoms with E-state index in [0.29, 0.717) is 6.04 Å². The van der Waals surface area contributed by atoms with E-state index in [1.807, 2.05) is 12.3 Å². The molecule has 4 heterocycles. The SMILES string of the molecule is CC(C)n1c2ccccc2c2nc(-n3c4ccccc4c4ncccc43)ccc21. The van der Waals surface area contributed by atoms with Gasteiger partial charge in [0.2, 0.25) is 0 Å². The van der Waals surface area contributed by atoms with Crippen LogP contribution in [0, 0.1) is 0 Å². The van der Waals surface area contributed by atoms with Crippen molar-refractivity contribution < 1.29 is 0 Å². The van der Waals surface area contributed by atoms with Gasteiger partial charge in [-0.2, -0.15) is 0 Å². The first-order valence-electron chi connectivity index (χ1n) is 9.98. The predicted molar refractivity (Wildman–Crippen MR) is 120 cm³/mol.